The van der Waals surface area contributed by atoms with Gasteiger partial charge in [-0.3, -0.25) is 5.10 Å². The van der Waals surface area contributed by atoms with Crippen molar-refractivity contribution in [1.82, 2.24) is 20.2 Å². The van der Waals surface area contributed by atoms with E-state index in [0.29, 0.717) is 12.1 Å². The predicted molar refractivity (Wildman–Crippen MR) is 81.3 cm³/mol. The number of nitrogens with one attached hydrogen (secondary N) is 3. The Bertz CT molecular complexity index is 722. The Labute approximate surface area is 125 Å². The van der Waals surface area contributed by atoms with Crippen LogP contribution in [0, 0.1) is 13.8 Å². The van der Waals surface area contributed by atoms with Gasteiger partial charge in [-0.2, -0.15) is 5.10 Å². The van der Waals surface area contributed by atoms with Crippen LogP contribution in [0.1, 0.15) is 22.4 Å². The van der Waals surface area contributed by atoms with Crippen molar-refractivity contribution in [3.05, 3.63) is 46.6 Å². The van der Waals surface area contributed by atoms with E-state index >= 15 is 0 Å². The van der Waals surface area contributed by atoms with Crippen molar-refractivity contribution in [2.75, 3.05) is 7.05 Å². The molecule has 0 atom stereocenters. The van der Waals surface area contributed by atoms with E-state index in [4.69, 9.17) is 0 Å². The lowest BCUT2D eigenvalue weighted by molar-refractivity contribution is 0.574. The number of H-pyrrole nitrogens is 1. The number of nitrogens with zero attached hydrogens (tertiary/aromatic N) is 1. The highest BCUT2D eigenvalue weighted by Crippen LogP contribution is 2.16. The average molecular weight is 308 g/mol. The van der Waals surface area contributed by atoms with E-state index in [1.807, 2.05) is 31.2 Å². The Morgan fingerprint density at radius 1 is 1.19 bits per heavy atom. The van der Waals surface area contributed by atoms with Crippen LogP contribution in [0.3, 0.4) is 0 Å². The molecule has 0 fully saturated rings. The van der Waals surface area contributed by atoms with Crippen LogP contribution in [0.4, 0.5) is 0 Å². The minimum absolute atomic E-state index is 0.0583. The predicted octanol–water partition coefficient (Wildman–Crippen LogP) is 1.22. The molecule has 0 spiro atoms. The topological polar surface area (TPSA) is 86.9 Å². The van der Waals surface area contributed by atoms with Gasteiger partial charge in [-0.1, -0.05) is 24.3 Å². The molecule has 21 heavy (non-hydrogen) atoms. The van der Waals surface area contributed by atoms with Crippen LogP contribution in [0.25, 0.3) is 0 Å². The fourth-order valence-electron chi connectivity index (χ4n) is 2.09. The van der Waals surface area contributed by atoms with Gasteiger partial charge in [-0.15, -0.1) is 0 Å². The van der Waals surface area contributed by atoms with E-state index in [1.165, 1.54) is 0 Å². The summed E-state index contributed by atoms with van der Waals surface area (Å²) in [5.74, 6) is 0. The molecule has 0 unspecified atom stereocenters. The third kappa shape index (κ3) is 3.49. The smallest absolute Gasteiger partial charge is 0.260 e. The van der Waals surface area contributed by atoms with Gasteiger partial charge in [-0.25, -0.2) is 13.1 Å². The summed E-state index contributed by atoms with van der Waals surface area (Å²) < 4.78 is 27.4. The number of hydrogen-bond acceptors (Lipinski definition) is 4. The van der Waals surface area contributed by atoms with Gasteiger partial charge < -0.3 is 5.32 Å². The maximum Gasteiger partial charge on any atom is 0.260 e. The molecule has 7 heteroatoms. The Kier molecular flexibility index (Phi) is 4.76. The van der Waals surface area contributed by atoms with Gasteiger partial charge in [0.05, 0.1) is 0 Å². The van der Waals surface area contributed by atoms with Gasteiger partial charge in [0.2, 0.25) is 0 Å². The van der Waals surface area contributed by atoms with Gasteiger partial charge >= 0.3 is 0 Å². The van der Waals surface area contributed by atoms with Crippen molar-refractivity contribution >= 4 is 10.0 Å². The number of benzene rings is 1. The number of aromatic nitrogens is 2. The zero-order chi connectivity index (χ0) is 15.5. The summed E-state index contributed by atoms with van der Waals surface area (Å²) >= 11 is 0. The van der Waals surface area contributed by atoms with Crippen LogP contribution in [-0.2, 0) is 23.1 Å². The minimum Gasteiger partial charge on any atom is -0.316 e. The molecular formula is C14H20N4O2S. The molecule has 0 aliphatic heterocycles. The summed E-state index contributed by atoms with van der Waals surface area (Å²) in [5.41, 5.74) is 3.41. The Morgan fingerprint density at radius 3 is 2.57 bits per heavy atom. The number of aromatic amines is 1. The van der Waals surface area contributed by atoms with Crippen molar-refractivity contribution in [2.24, 2.45) is 0 Å². The SMILES string of the molecule is CNCc1c(S(=O)(=O)NCc2ccccc2C)n[nH]c1C. The van der Waals surface area contributed by atoms with E-state index in [9.17, 15) is 8.42 Å². The molecule has 0 saturated carbocycles. The molecule has 6 nitrogen and oxygen atoms in total. The van der Waals surface area contributed by atoms with Gasteiger partial charge in [0.15, 0.2) is 5.03 Å². The molecule has 1 heterocycles. The van der Waals surface area contributed by atoms with Crippen LogP contribution in [0.5, 0.6) is 0 Å². The average Bonchev–Trinajstić information content (AvgIpc) is 2.81. The molecule has 0 aliphatic rings. The zero-order valence-electron chi connectivity index (χ0n) is 12.4. The first-order valence-electron chi connectivity index (χ1n) is 6.68. The third-order valence-corrected chi connectivity index (χ3v) is 4.73. The van der Waals surface area contributed by atoms with Crippen LogP contribution < -0.4 is 10.0 Å². The largest absolute Gasteiger partial charge is 0.316 e. The number of hydrogen-bond donors (Lipinski definition) is 3. The molecule has 0 amide bonds. The van der Waals surface area contributed by atoms with E-state index < -0.39 is 10.0 Å². The second kappa shape index (κ2) is 6.38. The number of sulfonamides is 1. The second-order valence-electron chi connectivity index (χ2n) is 4.91. The first-order chi connectivity index (χ1) is 9.95. The van der Waals surface area contributed by atoms with E-state index in [0.717, 1.165) is 16.8 Å². The second-order valence-corrected chi connectivity index (χ2v) is 6.60. The lowest BCUT2D eigenvalue weighted by Crippen LogP contribution is -2.25. The molecule has 3 N–H and O–H groups in total. The molecule has 114 valence electrons. The van der Waals surface area contributed by atoms with Gasteiger partial charge in [-0.05, 0) is 32.0 Å². The molecule has 1 aromatic carbocycles. The molecule has 0 saturated heterocycles. The summed E-state index contributed by atoms with van der Waals surface area (Å²) in [7, 11) is -1.87. The highest BCUT2D eigenvalue weighted by atomic mass is 32.2. The number of rotatable bonds is 6. The quantitative estimate of drug-likeness (QED) is 0.749. The normalized spacial score (nSPS) is 11.8. The molecule has 0 bridgehead atoms. The first kappa shape index (κ1) is 15.7. The molecule has 2 aromatic rings. The third-order valence-electron chi connectivity index (χ3n) is 3.36. The summed E-state index contributed by atoms with van der Waals surface area (Å²) in [6.07, 6.45) is 0. The summed E-state index contributed by atoms with van der Waals surface area (Å²) in [5, 5.41) is 9.67. The van der Waals surface area contributed by atoms with Gasteiger partial charge in [0, 0.05) is 24.3 Å². The summed E-state index contributed by atoms with van der Waals surface area (Å²) in [6, 6.07) is 7.67. The Morgan fingerprint density at radius 2 is 1.90 bits per heavy atom. The van der Waals surface area contributed by atoms with Crippen LogP contribution >= 0.6 is 0 Å². The Hall–Kier alpha value is -1.70. The van der Waals surface area contributed by atoms with Crippen molar-refractivity contribution in [2.45, 2.75) is 32.0 Å². The minimum atomic E-state index is -3.64. The number of aryl methyl sites for hydroxylation is 2. The zero-order valence-corrected chi connectivity index (χ0v) is 13.2. The molecular weight excluding hydrogens is 288 g/mol. The van der Waals surface area contributed by atoms with Crippen molar-refractivity contribution in [3.8, 4) is 0 Å². The van der Waals surface area contributed by atoms with E-state index in [1.54, 1.807) is 14.0 Å². The van der Waals surface area contributed by atoms with Crippen molar-refractivity contribution in [1.29, 1.82) is 0 Å². The lowest BCUT2D eigenvalue weighted by atomic mass is 10.1. The van der Waals surface area contributed by atoms with Crippen LogP contribution in [0.2, 0.25) is 0 Å². The van der Waals surface area contributed by atoms with Gasteiger partial charge in [0.1, 0.15) is 0 Å². The maximum atomic E-state index is 12.4. The summed E-state index contributed by atoms with van der Waals surface area (Å²) in [4.78, 5) is 0. The van der Waals surface area contributed by atoms with Crippen molar-refractivity contribution in [3.63, 3.8) is 0 Å². The summed E-state index contributed by atoms with van der Waals surface area (Å²) in [6.45, 7) is 4.46. The fraction of sp³-hybridized carbons (Fsp3) is 0.357. The monoisotopic (exact) mass is 308 g/mol. The van der Waals surface area contributed by atoms with E-state index in [-0.39, 0.29) is 11.6 Å². The Balaban J connectivity index is 2.21. The van der Waals surface area contributed by atoms with E-state index in [2.05, 4.69) is 20.2 Å². The standard InChI is InChI=1S/C14H20N4O2S/c1-10-6-4-5-7-12(10)8-16-21(19,20)14-13(9-15-3)11(2)17-18-14/h4-7,15-16H,8-9H2,1-3H3,(H,17,18). The fourth-order valence-corrected chi connectivity index (χ4v) is 3.28. The molecule has 0 radical (unpaired) electrons. The highest BCUT2D eigenvalue weighted by molar-refractivity contribution is 7.89. The first-order valence-corrected chi connectivity index (χ1v) is 8.16. The van der Waals surface area contributed by atoms with Crippen LogP contribution in [-0.4, -0.2) is 25.7 Å². The van der Waals surface area contributed by atoms with Gasteiger partial charge in [0.25, 0.3) is 10.0 Å². The van der Waals surface area contributed by atoms with Crippen LogP contribution in [0.15, 0.2) is 29.3 Å². The lowest BCUT2D eigenvalue weighted by Gasteiger charge is -2.09. The maximum absolute atomic E-state index is 12.4. The molecule has 1 aromatic heterocycles. The molecule has 2 rings (SSSR count). The van der Waals surface area contributed by atoms with Crippen molar-refractivity contribution < 1.29 is 8.42 Å². The molecule has 0 aliphatic carbocycles. The highest BCUT2D eigenvalue weighted by Gasteiger charge is 2.23.